The SMILES string of the molecule is Cc1sc(-c2ccc(I)s2)c(C#N)c1C#N. The summed E-state index contributed by atoms with van der Waals surface area (Å²) < 4.78 is 1.18. The number of rotatable bonds is 1. The minimum atomic E-state index is 0.517. The summed E-state index contributed by atoms with van der Waals surface area (Å²) in [6, 6.07) is 8.25. The zero-order chi connectivity index (χ0) is 11.7. The maximum absolute atomic E-state index is 9.12. The lowest BCUT2D eigenvalue weighted by molar-refractivity contribution is 1.43. The Morgan fingerprint density at radius 3 is 2.31 bits per heavy atom. The lowest BCUT2D eigenvalue weighted by Crippen LogP contribution is -1.79. The molecular weight excluding hydrogens is 351 g/mol. The molecule has 2 aromatic rings. The molecule has 0 bridgehead atoms. The summed E-state index contributed by atoms with van der Waals surface area (Å²) in [5, 5.41) is 18.1. The van der Waals surface area contributed by atoms with Crippen molar-refractivity contribution in [2.75, 3.05) is 0 Å². The van der Waals surface area contributed by atoms with E-state index in [9.17, 15) is 0 Å². The molecule has 0 radical (unpaired) electrons. The molecule has 0 fully saturated rings. The van der Waals surface area contributed by atoms with E-state index >= 15 is 0 Å². The quantitative estimate of drug-likeness (QED) is 0.722. The van der Waals surface area contributed by atoms with Crippen molar-refractivity contribution in [3.63, 3.8) is 0 Å². The number of halogens is 1. The Hall–Kier alpha value is -0.890. The summed E-state index contributed by atoms with van der Waals surface area (Å²) >= 11 is 5.41. The molecule has 0 unspecified atom stereocenters. The van der Waals surface area contributed by atoms with Crippen LogP contribution in [0.5, 0.6) is 0 Å². The van der Waals surface area contributed by atoms with Crippen LogP contribution in [-0.2, 0) is 0 Å². The second-order valence-corrected chi connectivity index (χ2v) is 7.27. The van der Waals surface area contributed by atoms with Gasteiger partial charge in [-0.1, -0.05) is 0 Å². The van der Waals surface area contributed by atoms with Crippen molar-refractivity contribution in [3.05, 3.63) is 31.0 Å². The number of hydrogen-bond acceptors (Lipinski definition) is 4. The average Bonchev–Trinajstić information content (AvgIpc) is 2.81. The first-order valence-corrected chi connectivity index (χ1v) is 7.08. The third-order valence-corrected chi connectivity index (χ3v) is 5.28. The van der Waals surface area contributed by atoms with Crippen molar-refractivity contribution in [1.29, 1.82) is 10.5 Å². The fraction of sp³-hybridized carbons (Fsp3) is 0.0909. The second-order valence-electron chi connectivity index (χ2n) is 3.06. The lowest BCUT2D eigenvalue weighted by Gasteiger charge is -1.91. The van der Waals surface area contributed by atoms with Crippen molar-refractivity contribution in [2.24, 2.45) is 0 Å². The van der Waals surface area contributed by atoms with Crippen molar-refractivity contribution in [1.82, 2.24) is 0 Å². The van der Waals surface area contributed by atoms with E-state index in [-0.39, 0.29) is 0 Å². The highest BCUT2D eigenvalue weighted by atomic mass is 127. The van der Waals surface area contributed by atoms with E-state index in [1.54, 1.807) is 11.3 Å². The molecule has 0 aliphatic carbocycles. The molecule has 0 aromatic carbocycles. The highest BCUT2D eigenvalue weighted by Gasteiger charge is 2.17. The monoisotopic (exact) mass is 356 g/mol. The Morgan fingerprint density at radius 1 is 1.12 bits per heavy atom. The van der Waals surface area contributed by atoms with Crippen LogP contribution < -0.4 is 0 Å². The van der Waals surface area contributed by atoms with Gasteiger partial charge in [0.25, 0.3) is 0 Å². The average molecular weight is 356 g/mol. The summed E-state index contributed by atoms with van der Waals surface area (Å²) in [5.41, 5.74) is 1.04. The van der Waals surface area contributed by atoms with Gasteiger partial charge in [0, 0.05) is 9.75 Å². The molecule has 0 aliphatic heterocycles. The maximum Gasteiger partial charge on any atom is 0.102 e. The lowest BCUT2D eigenvalue weighted by atomic mass is 10.1. The number of thiophene rings is 2. The second kappa shape index (κ2) is 4.54. The molecule has 0 saturated carbocycles. The van der Waals surface area contributed by atoms with E-state index < -0.39 is 0 Å². The van der Waals surface area contributed by atoms with Gasteiger partial charge in [0.05, 0.1) is 18.9 Å². The van der Waals surface area contributed by atoms with Crippen molar-refractivity contribution in [3.8, 4) is 21.9 Å². The predicted octanol–water partition coefficient (Wildman–Crippen LogP) is 4.13. The molecule has 2 nitrogen and oxygen atoms in total. The maximum atomic E-state index is 9.12. The van der Waals surface area contributed by atoms with Crippen LogP contribution in [0.2, 0.25) is 0 Å². The van der Waals surface area contributed by atoms with Crippen LogP contribution in [0.3, 0.4) is 0 Å². The van der Waals surface area contributed by atoms with Gasteiger partial charge in [-0.25, -0.2) is 0 Å². The Balaban J connectivity index is 2.68. The van der Waals surface area contributed by atoms with Gasteiger partial charge in [0.2, 0.25) is 0 Å². The van der Waals surface area contributed by atoms with E-state index in [0.29, 0.717) is 11.1 Å². The molecule has 0 atom stereocenters. The molecule has 16 heavy (non-hydrogen) atoms. The minimum absolute atomic E-state index is 0.517. The Bertz CT molecular complexity index is 625. The summed E-state index contributed by atoms with van der Waals surface area (Å²) in [4.78, 5) is 2.90. The molecular formula is C11H5IN2S2. The zero-order valence-electron chi connectivity index (χ0n) is 8.24. The smallest absolute Gasteiger partial charge is 0.102 e. The third-order valence-electron chi connectivity index (χ3n) is 2.10. The van der Waals surface area contributed by atoms with Crippen LogP contribution in [0.1, 0.15) is 16.0 Å². The molecule has 0 aliphatic rings. The molecule has 0 amide bonds. The molecule has 5 heteroatoms. The topological polar surface area (TPSA) is 47.6 Å². The van der Waals surface area contributed by atoms with E-state index in [0.717, 1.165) is 14.6 Å². The first kappa shape index (κ1) is 11.6. The van der Waals surface area contributed by atoms with E-state index in [1.807, 2.05) is 19.1 Å². The summed E-state index contributed by atoms with van der Waals surface area (Å²) in [6.07, 6.45) is 0. The van der Waals surface area contributed by atoms with E-state index in [2.05, 4.69) is 34.7 Å². The number of hydrogen-bond donors (Lipinski definition) is 0. The molecule has 2 heterocycles. The van der Waals surface area contributed by atoms with Crippen LogP contribution in [-0.4, -0.2) is 0 Å². The first-order valence-electron chi connectivity index (χ1n) is 4.36. The fourth-order valence-electron chi connectivity index (χ4n) is 1.40. The molecule has 0 N–H and O–H groups in total. The van der Waals surface area contributed by atoms with Gasteiger partial charge in [-0.05, 0) is 41.6 Å². The van der Waals surface area contributed by atoms with Gasteiger partial charge in [-0.2, -0.15) is 10.5 Å². The van der Waals surface area contributed by atoms with Gasteiger partial charge in [-0.3, -0.25) is 0 Å². The van der Waals surface area contributed by atoms with Crippen molar-refractivity contribution < 1.29 is 0 Å². The number of aryl methyl sites for hydroxylation is 1. The first-order chi connectivity index (χ1) is 7.67. The normalized spacial score (nSPS) is 9.75. The van der Waals surface area contributed by atoms with Gasteiger partial charge in [-0.15, -0.1) is 22.7 Å². The molecule has 2 rings (SSSR count). The minimum Gasteiger partial charge on any atom is -0.192 e. The highest BCUT2D eigenvalue weighted by Crippen LogP contribution is 2.39. The number of nitrogens with zero attached hydrogens (tertiary/aromatic N) is 2. The van der Waals surface area contributed by atoms with Crippen LogP contribution in [0.25, 0.3) is 9.75 Å². The van der Waals surface area contributed by atoms with Crippen LogP contribution in [0.15, 0.2) is 12.1 Å². The van der Waals surface area contributed by atoms with Crippen molar-refractivity contribution >= 4 is 45.3 Å². The Labute approximate surface area is 115 Å². The van der Waals surface area contributed by atoms with Gasteiger partial charge >= 0.3 is 0 Å². The summed E-state index contributed by atoms with van der Waals surface area (Å²) in [7, 11) is 0. The Morgan fingerprint density at radius 2 is 1.81 bits per heavy atom. The van der Waals surface area contributed by atoms with Gasteiger partial charge < -0.3 is 0 Å². The molecule has 0 saturated heterocycles. The molecule has 2 aromatic heterocycles. The van der Waals surface area contributed by atoms with Crippen LogP contribution in [0.4, 0.5) is 0 Å². The Kier molecular flexibility index (Phi) is 3.29. The number of nitriles is 2. The van der Waals surface area contributed by atoms with E-state index in [4.69, 9.17) is 10.5 Å². The standard InChI is InChI=1S/C11H5IN2S2/c1-6-7(4-13)8(5-14)11(15-6)9-2-3-10(12)16-9/h2-3H,1H3. The van der Waals surface area contributed by atoms with Crippen LogP contribution >= 0.6 is 45.3 Å². The summed E-state index contributed by atoms with van der Waals surface area (Å²) in [5.74, 6) is 0. The highest BCUT2D eigenvalue weighted by molar-refractivity contribution is 14.1. The van der Waals surface area contributed by atoms with Gasteiger partial charge in [0.1, 0.15) is 12.1 Å². The van der Waals surface area contributed by atoms with Crippen molar-refractivity contribution in [2.45, 2.75) is 6.92 Å². The molecule has 0 spiro atoms. The largest absolute Gasteiger partial charge is 0.192 e. The predicted molar refractivity (Wildman–Crippen MR) is 74.5 cm³/mol. The van der Waals surface area contributed by atoms with Crippen LogP contribution in [0, 0.1) is 32.5 Å². The molecule has 78 valence electrons. The fourth-order valence-corrected chi connectivity index (χ4v) is 4.19. The third kappa shape index (κ3) is 1.86. The van der Waals surface area contributed by atoms with E-state index in [1.165, 1.54) is 14.2 Å². The summed E-state index contributed by atoms with van der Waals surface area (Å²) in [6.45, 7) is 1.88. The zero-order valence-corrected chi connectivity index (χ0v) is 12.0. The van der Waals surface area contributed by atoms with Gasteiger partial charge in [0.15, 0.2) is 0 Å².